The number of amides is 1. The van der Waals surface area contributed by atoms with Crippen LogP contribution in [-0.4, -0.2) is 25.0 Å². The first-order valence-corrected chi connectivity index (χ1v) is 8.52. The van der Waals surface area contributed by atoms with E-state index in [0.29, 0.717) is 13.0 Å². The van der Waals surface area contributed by atoms with E-state index in [-0.39, 0.29) is 11.9 Å². The number of aryl methyl sites for hydroxylation is 2. The Bertz CT molecular complexity index is 485. The Morgan fingerprint density at radius 3 is 2.30 bits per heavy atom. The Balaban J connectivity index is 0.000000446. The summed E-state index contributed by atoms with van der Waals surface area (Å²) in [6.45, 7) is 7.75. The van der Waals surface area contributed by atoms with E-state index in [1.165, 1.54) is 16.7 Å². The van der Waals surface area contributed by atoms with Gasteiger partial charge in [0.2, 0.25) is 5.91 Å². The van der Waals surface area contributed by atoms with Crippen LogP contribution in [0.2, 0.25) is 0 Å². The largest absolute Gasteiger partial charge is 0.466 e. The van der Waals surface area contributed by atoms with E-state index in [1.807, 2.05) is 6.92 Å². The van der Waals surface area contributed by atoms with Gasteiger partial charge in [-0.3, -0.25) is 9.59 Å². The molecule has 1 aliphatic rings. The second-order valence-corrected chi connectivity index (χ2v) is 5.90. The van der Waals surface area contributed by atoms with Crippen LogP contribution < -0.4 is 5.32 Å². The minimum absolute atomic E-state index is 0.0652. The average Bonchev–Trinajstić information content (AvgIpc) is 2.48. The number of carbonyl (C=O) groups is 2. The molecule has 2 rings (SSSR count). The fourth-order valence-corrected chi connectivity index (χ4v) is 2.34. The molecule has 1 N–H and O–H groups in total. The molecule has 1 aromatic rings. The lowest BCUT2D eigenvalue weighted by atomic mass is 9.98. The summed E-state index contributed by atoms with van der Waals surface area (Å²) < 4.78 is 5.14. The van der Waals surface area contributed by atoms with Gasteiger partial charge in [0.15, 0.2) is 0 Å². The first-order chi connectivity index (χ1) is 11.0. The molecule has 1 amide bonds. The molecule has 0 spiro atoms. The van der Waals surface area contributed by atoms with Crippen molar-refractivity contribution in [2.24, 2.45) is 0 Å². The molecule has 0 saturated carbocycles. The first-order valence-electron chi connectivity index (χ1n) is 8.52. The molecular formula is C19H29NO3. The maximum Gasteiger partial charge on any atom is 0.305 e. The molecule has 4 nitrogen and oxygen atoms in total. The third-order valence-corrected chi connectivity index (χ3v) is 3.86. The Morgan fingerprint density at radius 2 is 1.83 bits per heavy atom. The zero-order valence-corrected chi connectivity index (χ0v) is 14.6. The summed E-state index contributed by atoms with van der Waals surface area (Å²) in [5.41, 5.74) is 4.16. The van der Waals surface area contributed by atoms with Crippen LogP contribution in [0.3, 0.4) is 0 Å². The number of esters is 1. The smallest absolute Gasteiger partial charge is 0.305 e. The van der Waals surface area contributed by atoms with E-state index >= 15 is 0 Å². The van der Waals surface area contributed by atoms with E-state index in [0.717, 1.165) is 38.6 Å². The lowest BCUT2D eigenvalue weighted by molar-refractivity contribution is -0.143. The zero-order valence-electron chi connectivity index (χ0n) is 14.6. The highest BCUT2D eigenvalue weighted by atomic mass is 16.5. The van der Waals surface area contributed by atoms with Crippen LogP contribution in [0.4, 0.5) is 0 Å². The van der Waals surface area contributed by atoms with Crippen molar-refractivity contribution in [2.45, 2.75) is 59.3 Å². The number of benzene rings is 1. The maximum atomic E-state index is 11.2. The number of rotatable bonds is 7. The molecule has 1 fully saturated rings. The molecule has 1 aliphatic heterocycles. The van der Waals surface area contributed by atoms with Gasteiger partial charge in [-0.25, -0.2) is 0 Å². The van der Waals surface area contributed by atoms with Crippen molar-refractivity contribution in [1.82, 2.24) is 5.32 Å². The summed E-state index contributed by atoms with van der Waals surface area (Å²) in [6, 6.07) is 6.41. The van der Waals surface area contributed by atoms with Gasteiger partial charge in [-0.05, 0) is 56.2 Å². The predicted molar refractivity (Wildman–Crippen MR) is 92.3 cm³/mol. The van der Waals surface area contributed by atoms with E-state index in [2.05, 4.69) is 37.4 Å². The molecule has 128 valence electrons. The number of β-lactam (4-membered cyclic amide) rings is 1. The summed E-state index contributed by atoms with van der Waals surface area (Å²) in [5, 5.41) is 2.57. The molecule has 4 heteroatoms. The minimum atomic E-state index is -0.0652. The van der Waals surface area contributed by atoms with Crippen LogP contribution >= 0.6 is 0 Å². The van der Waals surface area contributed by atoms with Crippen LogP contribution in [0.15, 0.2) is 18.2 Å². The van der Waals surface area contributed by atoms with Crippen molar-refractivity contribution < 1.29 is 14.3 Å². The summed E-state index contributed by atoms with van der Waals surface area (Å²) in [4.78, 5) is 21.0. The minimum Gasteiger partial charge on any atom is -0.466 e. The van der Waals surface area contributed by atoms with Gasteiger partial charge in [0.25, 0.3) is 0 Å². The highest BCUT2D eigenvalue weighted by molar-refractivity contribution is 5.81. The van der Waals surface area contributed by atoms with E-state index in [1.54, 1.807) is 0 Å². The molecule has 0 aromatic heterocycles. The van der Waals surface area contributed by atoms with Crippen molar-refractivity contribution >= 4 is 11.9 Å². The summed E-state index contributed by atoms with van der Waals surface area (Å²) in [5.74, 6) is 0.120. The number of carbonyl (C=O) groups excluding carboxylic acids is 2. The topological polar surface area (TPSA) is 55.4 Å². The van der Waals surface area contributed by atoms with Gasteiger partial charge in [0.1, 0.15) is 0 Å². The molecule has 1 saturated heterocycles. The maximum absolute atomic E-state index is 11.2. The number of hydrogen-bond acceptors (Lipinski definition) is 3. The lowest BCUT2D eigenvalue weighted by Crippen LogP contribution is -2.37. The Labute approximate surface area is 139 Å². The van der Waals surface area contributed by atoms with Gasteiger partial charge in [-0.1, -0.05) is 25.1 Å². The molecule has 1 heterocycles. The molecule has 0 aliphatic carbocycles. The Kier molecular flexibility index (Phi) is 9.03. The van der Waals surface area contributed by atoms with Gasteiger partial charge in [0.05, 0.1) is 6.61 Å². The highest BCUT2D eigenvalue weighted by Gasteiger charge is 2.07. The normalized spacial score (nSPS) is 12.6. The van der Waals surface area contributed by atoms with Crippen molar-refractivity contribution in [3.05, 3.63) is 34.9 Å². The molecule has 0 unspecified atom stereocenters. The van der Waals surface area contributed by atoms with Gasteiger partial charge < -0.3 is 10.1 Å². The Hall–Kier alpha value is -1.84. The van der Waals surface area contributed by atoms with Gasteiger partial charge in [-0.15, -0.1) is 0 Å². The third-order valence-electron chi connectivity index (χ3n) is 3.86. The van der Waals surface area contributed by atoms with Crippen molar-refractivity contribution in [3.8, 4) is 0 Å². The number of unbranched alkanes of at least 4 members (excludes halogenated alkanes) is 1. The van der Waals surface area contributed by atoms with Crippen LogP contribution in [0.25, 0.3) is 0 Å². The van der Waals surface area contributed by atoms with Crippen LogP contribution in [0.5, 0.6) is 0 Å². The molecule has 0 bridgehead atoms. The second kappa shape index (κ2) is 10.8. The molecule has 1 aromatic carbocycles. The summed E-state index contributed by atoms with van der Waals surface area (Å²) in [6.07, 6.45) is 5.23. The first kappa shape index (κ1) is 19.2. The molecular weight excluding hydrogens is 290 g/mol. The van der Waals surface area contributed by atoms with E-state index < -0.39 is 0 Å². The van der Waals surface area contributed by atoms with Gasteiger partial charge >= 0.3 is 5.97 Å². The van der Waals surface area contributed by atoms with E-state index in [4.69, 9.17) is 4.74 Å². The average molecular weight is 319 g/mol. The van der Waals surface area contributed by atoms with Crippen molar-refractivity contribution in [2.75, 3.05) is 13.2 Å². The van der Waals surface area contributed by atoms with Gasteiger partial charge in [0, 0.05) is 19.4 Å². The monoisotopic (exact) mass is 319 g/mol. The lowest BCUT2D eigenvalue weighted by Gasteiger charge is -2.10. The van der Waals surface area contributed by atoms with Crippen LogP contribution in [0.1, 0.15) is 55.7 Å². The zero-order chi connectivity index (χ0) is 17.1. The number of nitrogens with one attached hydrogen (secondary N) is 1. The van der Waals surface area contributed by atoms with Gasteiger partial charge in [-0.2, -0.15) is 0 Å². The highest BCUT2D eigenvalue weighted by Crippen LogP contribution is 2.15. The fourth-order valence-electron chi connectivity index (χ4n) is 2.34. The quantitative estimate of drug-likeness (QED) is 0.475. The Morgan fingerprint density at radius 1 is 1.22 bits per heavy atom. The SMILES string of the molecule is CCCC(=O)OCCCCc1c(C)cccc1C.O=C1CCN1. The van der Waals surface area contributed by atoms with E-state index in [9.17, 15) is 9.59 Å². The standard InChI is InChI=1S/C16H24O2.C3H5NO/c1-4-8-16(17)18-12-6-5-11-15-13(2)9-7-10-14(15)3;5-3-1-2-4-3/h7,9-10H,4-6,8,11-12H2,1-3H3;1-2H2,(H,4,5). The van der Waals surface area contributed by atoms with Crippen molar-refractivity contribution in [1.29, 1.82) is 0 Å². The summed E-state index contributed by atoms with van der Waals surface area (Å²) in [7, 11) is 0. The molecule has 23 heavy (non-hydrogen) atoms. The fraction of sp³-hybridized carbons (Fsp3) is 0.579. The second-order valence-electron chi connectivity index (χ2n) is 5.90. The predicted octanol–water partition coefficient (Wildman–Crippen LogP) is 3.48. The molecule has 0 radical (unpaired) electrons. The number of hydrogen-bond donors (Lipinski definition) is 1. The third kappa shape index (κ3) is 7.82. The van der Waals surface area contributed by atoms with Crippen LogP contribution in [0, 0.1) is 13.8 Å². The molecule has 0 atom stereocenters. The summed E-state index contributed by atoms with van der Waals surface area (Å²) >= 11 is 0. The number of ether oxygens (including phenoxy) is 1. The van der Waals surface area contributed by atoms with Crippen molar-refractivity contribution in [3.63, 3.8) is 0 Å². The van der Waals surface area contributed by atoms with Crippen LogP contribution in [-0.2, 0) is 20.7 Å².